The van der Waals surface area contributed by atoms with E-state index in [1.165, 1.54) is 10.8 Å². The molecule has 20 heavy (non-hydrogen) atoms. The number of rotatable bonds is 2. The van der Waals surface area contributed by atoms with Crippen molar-refractivity contribution in [2.24, 2.45) is 5.92 Å². The molecule has 1 saturated heterocycles. The number of aromatic amines is 1. The van der Waals surface area contributed by atoms with Crippen molar-refractivity contribution in [1.29, 1.82) is 0 Å². The maximum atomic E-state index is 13.9. The quantitative estimate of drug-likeness (QED) is 0.737. The van der Waals surface area contributed by atoms with E-state index in [2.05, 4.69) is 9.97 Å². The summed E-state index contributed by atoms with van der Waals surface area (Å²) in [6.07, 6.45) is 1.07. The lowest BCUT2D eigenvalue weighted by Crippen LogP contribution is -2.17. The van der Waals surface area contributed by atoms with Crippen molar-refractivity contribution in [2.45, 2.75) is 25.7 Å². The van der Waals surface area contributed by atoms with Crippen LogP contribution in [0.15, 0.2) is 11.0 Å². The second-order valence-electron chi connectivity index (χ2n) is 5.08. The molecule has 108 valence electrons. The zero-order valence-electron chi connectivity index (χ0n) is 10.8. The predicted molar refractivity (Wildman–Crippen MR) is 69.5 cm³/mol. The van der Waals surface area contributed by atoms with Crippen molar-refractivity contribution in [1.82, 2.24) is 14.5 Å². The molecule has 3 atom stereocenters. The van der Waals surface area contributed by atoms with E-state index in [1.54, 1.807) is 0 Å². The van der Waals surface area contributed by atoms with Crippen LogP contribution in [0.5, 0.6) is 0 Å². The molecule has 1 fully saturated rings. The van der Waals surface area contributed by atoms with Crippen molar-refractivity contribution in [3.8, 4) is 0 Å². The molecule has 0 spiro atoms. The molecule has 0 saturated carbocycles. The fourth-order valence-electron chi connectivity index (χ4n) is 2.70. The van der Waals surface area contributed by atoms with E-state index < -0.39 is 17.6 Å². The lowest BCUT2D eigenvalue weighted by Gasteiger charge is -2.17. The average molecular weight is 282 g/mol. The van der Waals surface area contributed by atoms with Gasteiger partial charge in [0.1, 0.15) is 11.6 Å². The van der Waals surface area contributed by atoms with E-state index >= 15 is 0 Å². The van der Waals surface area contributed by atoms with Gasteiger partial charge in [-0.2, -0.15) is 4.98 Å². The summed E-state index contributed by atoms with van der Waals surface area (Å²) in [5.41, 5.74) is 5.04. The third-order valence-corrected chi connectivity index (χ3v) is 3.59. The standard InChI is InChI=1S/C12H15FN4O3/c1-5-2-6(4-18)20-11(5)17-3-7(13)8-9(17)15-12(14)16-10(8)19/h3,5-6,11,18H,2,4H2,1H3,(H3,14,15,16,19)/t5-,6-,11+/m0/s1. The molecule has 1 aliphatic heterocycles. The minimum absolute atomic E-state index is 0.0597. The molecule has 0 aliphatic carbocycles. The molecule has 0 unspecified atom stereocenters. The second kappa shape index (κ2) is 4.57. The lowest BCUT2D eigenvalue weighted by atomic mass is 10.1. The van der Waals surface area contributed by atoms with Crippen molar-refractivity contribution in [3.05, 3.63) is 22.4 Å². The number of ether oxygens (including phenoxy) is 1. The summed E-state index contributed by atoms with van der Waals surface area (Å²) in [5, 5.41) is 9.02. The molecule has 8 heteroatoms. The Hall–Kier alpha value is -1.93. The first-order chi connectivity index (χ1) is 9.51. The van der Waals surface area contributed by atoms with E-state index in [1.807, 2.05) is 6.92 Å². The van der Waals surface area contributed by atoms with E-state index in [4.69, 9.17) is 15.6 Å². The summed E-state index contributed by atoms with van der Waals surface area (Å²) < 4.78 is 21.1. The third-order valence-electron chi connectivity index (χ3n) is 3.59. The number of anilines is 1. The Morgan fingerprint density at radius 1 is 1.70 bits per heavy atom. The summed E-state index contributed by atoms with van der Waals surface area (Å²) in [4.78, 5) is 18.0. The lowest BCUT2D eigenvalue weighted by molar-refractivity contribution is -0.0293. The molecule has 2 aromatic heterocycles. The van der Waals surface area contributed by atoms with Crippen molar-refractivity contribution < 1.29 is 14.2 Å². The number of nitrogen functional groups attached to an aromatic ring is 1. The number of halogens is 1. The Bertz CT molecular complexity index is 711. The molecular weight excluding hydrogens is 267 g/mol. The van der Waals surface area contributed by atoms with E-state index in [0.29, 0.717) is 6.42 Å². The van der Waals surface area contributed by atoms with Crippen LogP contribution in [0, 0.1) is 11.7 Å². The first kappa shape index (κ1) is 13.1. The number of hydrogen-bond donors (Lipinski definition) is 3. The Morgan fingerprint density at radius 3 is 3.10 bits per heavy atom. The molecule has 7 nitrogen and oxygen atoms in total. The van der Waals surface area contributed by atoms with Crippen LogP contribution in [-0.2, 0) is 4.74 Å². The minimum atomic E-state index is -0.669. The molecule has 2 aromatic rings. The van der Waals surface area contributed by atoms with Gasteiger partial charge in [-0.3, -0.25) is 9.78 Å². The number of nitrogens with zero attached hydrogens (tertiary/aromatic N) is 2. The smallest absolute Gasteiger partial charge is 0.264 e. The van der Waals surface area contributed by atoms with Gasteiger partial charge in [-0.05, 0) is 6.42 Å². The van der Waals surface area contributed by atoms with Gasteiger partial charge < -0.3 is 20.1 Å². The maximum absolute atomic E-state index is 13.9. The number of aromatic nitrogens is 3. The van der Waals surface area contributed by atoms with Crippen molar-refractivity contribution in [3.63, 3.8) is 0 Å². The fraction of sp³-hybridized carbons (Fsp3) is 0.500. The van der Waals surface area contributed by atoms with Gasteiger partial charge in [0.25, 0.3) is 5.56 Å². The Balaban J connectivity index is 2.15. The van der Waals surface area contributed by atoms with Crippen LogP contribution in [0.4, 0.5) is 10.3 Å². The molecule has 4 N–H and O–H groups in total. The highest BCUT2D eigenvalue weighted by atomic mass is 19.1. The van der Waals surface area contributed by atoms with Gasteiger partial charge in [-0.15, -0.1) is 0 Å². The second-order valence-corrected chi connectivity index (χ2v) is 5.08. The van der Waals surface area contributed by atoms with Crippen LogP contribution in [0.1, 0.15) is 19.6 Å². The van der Waals surface area contributed by atoms with Gasteiger partial charge in [0.2, 0.25) is 5.95 Å². The van der Waals surface area contributed by atoms with Crippen LogP contribution in [0.3, 0.4) is 0 Å². The Morgan fingerprint density at radius 2 is 2.45 bits per heavy atom. The zero-order chi connectivity index (χ0) is 14.4. The minimum Gasteiger partial charge on any atom is -0.394 e. The van der Waals surface area contributed by atoms with Gasteiger partial charge in [-0.1, -0.05) is 6.92 Å². The van der Waals surface area contributed by atoms with Gasteiger partial charge in [0.05, 0.1) is 12.7 Å². The molecule has 1 aliphatic rings. The van der Waals surface area contributed by atoms with Crippen LogP contribution in [0.25, 0.3) is 11.0 Å². The summed E-state index contributed by atoms with van der Waals surface area (Å²) in [6, 6.07) is 0. The van der Waals surface area contributed by atoms with Crippen LogP contribution < -0.4 is 11.3 Å². The maximum Gasteiger partial charge on any atom is 0.264 e. The Kier molecular flexibility index (Phi) is 2.98. The first-order valence-corrected chi connectivity index (χ1v) is 6.33. The van der Waals surface area contributed by atoms with Crippen LogP contribution in [-0.4, -0.2) is 32.4 Å². The molecule has 0 aromatic carbocycles. The van der Waals surface area contributed by atoms with Gasteiger partial charge >= 0.3 is 0 Å². The molecule has 3 rings (SSSR count). The number of nitrogens with one attached hydrogen (secondary N) is 1. The number of aliphatic hydroxyl groups excluding tert-OH is 1. The van der Waals surface area contributed by atoms with E-state index in [0.717, 1.165) is 0 Å². The topological polar surface area (TPSA) is 106 Å². The van der Waals surface area contributed by atoms with Crippen molar-refractivity contribution in [2.75, 3.05) is 12.3 Å². The number of nitrogens with two attached hydrogens (primary N) is 1. The SMILES string of the molecule is C[C@H]1C[C@@H](CO)O[C@H]1n1cc(F)c2c(=O)[nH]c(N)nc21. The monoisotopic (exact) mass is 282 g/mol. The first-order valence-electron chi connectivity index (χ1n) is 6.33. The highest BCUT2D eigenvalue weighted by Crippen LogP contribution is 2.36. The molecule has 0 radical (unpaired) electrons. The number of fused-ring (bicyclic) bond motifs is 1. The number of H-pyrrole nitrogens is 1. The van der Waals surface area contributed by atoms with E-state index in [9.17, 15) is 9.18 Å². The predicted octanol–water partition coefficient (Wildman–Crippen LogP) is 0.362. The summed E-state index contributed by atoms with van der Waals surface area (Å²) in [7, 11) is 0. The molecule has 0 amide bonds. The zero-order valence-corrected chi connectivity index (χ0v) is 10.8. The highest BCUT2D eigenvalue weighted by molar-refractivity contribution is 5.76. The van der Waals surface area contributed by atoms with Gasteiger partial charge in [0, 0.05) is 12.1 Å². The van der Waals surface area contributed by atoms with Crippen LogP contribution in [0.2, 0.25) is 0 Å². The normalized spacial score (nSPS) is 26.4. The van der Waals surface area contributed by atoms with Crippen molar-refractivity contribution >= 4 is 17.0 Å². The van der Waals surface area contributed by atoms with Gasteiger partial charge in [-0.25, -0.2) is 4.39 Å². The number of aliphatic hydroxyl groups is 1. The van der Waals surface area contributed by atoms with E-state index in [-0.39, 0.29) is 35.6 Å². The molecule has 3 heterocycles. The largest absolute Gasteiger partial charge is 0.394 e. The summed E-state index contributed by atoms with van der Waals surface area (Å²) in [6.45, 7) is 1.83. The third kappa shape index (κ3) is 1.88. The van der Waals surface area contributed by atoms with Crippen LogP contribution >= 0.6 is 0 Å². The fourth-order valence-corrected chi connectivity index (χ4v) is 2.70. The summed E-state index contributed by atoms with van der Waals surface area (Å²) in [5.74, 6) is -0.687. The van der Waals surface area contributed by atoms with Gasteiger partial charge in [0.15, 0.2) is 11.5 Å². The molecule has 0 bridgehead atoms. The highest BCUT2D eigenvalue weighted by Gasteiger charge is 2.34. The average Bonchev–Trinajstić information content (AvgIpc) is 2.90. The molecular formula is C12H15FN4O3. The Labute approximate surface area is 113 Å². The number of hydrogen-bond acceptors (Lipinski definition) is 5. The summed E-state index contributed by atoms with van der Waals surface area (Å²) >= 11 is 0.